The van der Waals surface area contributed by atoms with Crippen LogP contribution < -0.4 is 10.6 Å². The Labute approximate surface area is 106 Å². The summed E-state index contributed by atoms with van der Waals surface area (Å²) in [6, 6.07) is 0. The second-order valence-electron chi connectivity index (χ2n) is 3.70. The number of carbonyl (C=O) groups excluding carboxylic acids is 1. The molecule has 0 aliphatic carbocycles. The molecule has 6 nitrogen and oxygen atoms in total. The summed E-state index contributed by atoms with van der Waals surface area (Å²) in [5.41, 5.74) is 2.55. The molecule has 0 saturated carbocycles. The van der Waals surface area contributed by atoms with Gasteiger partial charge in [0.2, 0.25) is 0 Å². The number of rotatable bonds is 4. The standard InChI is InChI=1S/C10H16N4O2.ClH/c1-16-5-4-12-10(15)9-7-6-11-3-2-8(7)13-14-9;/h11H,2-6H2,1H3,(H,12,15)(H,13,14);1H. The zero-order valence-corrected chi connectivity index (χ0v) is 10.5. The predicted molar refractivity (Wildman–Crippen MR) is 65.5 cm³/mol. The number of nitrogens with zero attached hydrogens (tertiary/aromatic N) is 1. The maximum absolute atomic E-state index is 11.8. The number of amides is 1. The van der Waals surface area contributed by atoms with Gasteiger partial charge in [-0.3, -0.25) is 9.89 Å². The Hall–Kier alpha value is -1.11. The summed E-state index contributed by atoms with van der Waals surface area (Å²) in [7, 11) is 1.60. The second-order valence-corrected chi connectivity index (χ2v) is 3.70. The zero-order chi connectivity index (χ0) is 11.4. The Kier molecular flexibility index (Phi) is 5.40. The van der Waals surface area contributed by atoms with Gasteiger partial charge < -0.3 is 15.4 Å². The highest BCUT2D eigenvalue weighted by atomic mass is 35.5. The Morgan fingerprint density at radius 3 is 3.18 bits per heavy atom. The Morgan fingerprint density at radius 1 is 1.59 bits per heavy atom. The number of aromatic amines is 1. The van der Waals surface area contributed by atoms with Crippen LogP contribution in [0.3, 0.4) is 0 Å². The monoisotopic (exact) mass is 260 g/mol. The number of nitrogens with one attached hydrogen (secondary N) is 3. The fraction of sp³-hybridized carbons (Fsp3) is 0.600. The van der Waals surface area contributed by atoms with Crippen LogP contribution >= 0.6 is 12.4 Å². The molecule has 3 N–H and O–H groups in total. The molecule has 17 heavy (non-hydrogen) atoms. The van der Waals surface area contributed by atoms with E-state index in [1.54, 1.807) is 7.11 Å². The lowest BCUT2D eigenvalue weighted by Gasteiger charge is -2.12. The molecule has 0 fully saturated rings. The van der Waals surface area contributed by atoms with Crippen LogP contribution in [0.25, 0.3) is 0 Å². The van der Waals surface area contributed by atoms with Crippen molar-refractivity contribution in [1.29, 1.82) is 0 Å². The van der Waals surface area contributed by atoms with E-state index in [-0.39, 0.29) is 18.3 Å². The number of hydrogen-bond donors (Lipinski definition) is 3. The summed E-state index contributed by atoms with van der Waals surface area (Å²) in [5.74, 6) is -0.141. The first-order chi connectivity index (χ1) is 7.83. The summed E-state index contributed by atoms with van der Waals surface area (Å²) in [5, 5.41) is 13.0. The molecule has 0 spiro atoms. The highest BCUT2D eigenvalue weighted by Crippen LogP contribution is 2.14. The summed E-state index contributed by atoms with van der Waals surface area (Å²) in [6.07, 6.45) is 0.897. The third-order valence-corrected chi connectivity index (χ3v) is 2.61. The van der Waals surface area contributed by atoms with Crippen LogP contribution in [0.4, 0.5) is 0 Å². The third-order valence-electron chi connectivity index (χ3n) is 2.61. The van der Waals surface area contributed by atoms with E-state index in [1.807, 2.05) is 0 Å². The maximum atomic E-state index is 11.8. The average molecular weight is 261 g/mol. The first kappa shape index (κ1) is 14.0. The van der Waals surface area contributed by atoms with E-state index in [1.165, 1.54) is 0 Å². The van der Waals surface area contributed by atoms with Crippen molar-refractivity contribution in [3.8, 4) is 0 Å². The van der Waals surface area contributed by atoms with Crippen molar-refractivity contribution in [3.63, 3.8) is 0 Å². The van der Waals surface area contributed by atoms with Crippen LogP contribution in [0, 0.1) is 0 Å². The number of aromatic nitrogens is 2. The van der Waals surface area contributed by atoms with Gasteiger partial charge in [0.05, 0.1) is 6.61 Å². The molecule has 96 valence electrons. The van der Waals surface area contributed by atoms with Gasteiger partial charge in [-0.1, -0.05) is 0 Å². The van der Waals surface area contributed by atoms with Gasteiger partial charge in [-0.25, -0.2) is 0 Å². The molecule has 1 aromatic rings. The summed E-state index contributed by atoms with van der Waals surface area (Å²) in [6.45, 7) is 2.65. The summed E-state index contributed by atoms with van der Waals surface area (Å²) < 4.78 is 4.87. The van der Waals surface area contributed by atoms with Crippen molar-refractivity contribution in [3.05, 3.63) is 17.0 Å². The van der Waals surface area contributed by atoms with E-state index in [9.17, 15) is 4.79 Å². The molecule has 0 bridgehead atoms. The highest BCUT2D eigenvalue weighted by Gasteiger charge is 2.20. The highest BCUT2D eigenvalue weighted by molar-refractivity contribution is 5.94. The second kappa shape index (κ2) is 6.58. The lowest BCUT2D eigenvalue weighted by molar-refractivity contribution is 0.0931. The Morgan fingerprint density at radius 2 is 2.41 bits per heavy atom. The van der Waals surface area contributed by atoms with Crippen LogP contribution in [-0.4, -0.2) is 42.9 Å². The minimum atomic E-state index is -0.141. The van der Waals surface area contributed by atoms with Gasteiger partial charge >= 0.3 is 0 Å². The molecule has 2 heterocycles. The van der Waals surface area contributed by atoms with Gasteiger partial charge in [0, 0.05) is 44.4 Å². The van der Waals surface area contributed by atoms with Gasteiger partial charge in [-0.05, 0) is 0 Å². The minimum absolute atomic E-state index is 0. The fourth-order valence-electron chi connectivity index (χ4n) is 1.76. The van der Waals surface area contributed by atoms with Gasteiger partial charge in [0.25, 0.3) is 5.91 Å². The normalized spacial score (nSPS) is 13.7. The summed E-state index contributed by atoms with van der Waals surface area (Å²) in [4.78, 5) is 11.8. The quantitative estimate of drug-likeness (QED) is 0.658. The fourth-order valence-corrected chi connectivity index (χ4v) is 1.76. The van der Waals surface area contributed by atoms with Crippen molar-refractivity contribution in [1.82, 2.24) is 20.8 Å². The molecule has 7 heteroatoms. The molecule has 1 aliphatic heterocycles. The molecular weight excluding hydrogens is 244 g/mol. The predicted octanol–water partition coefficient (Wildman–Crippen LogP) is -0.147. The largest absolute Gasteiger partial charge is 0.383 e. The SMILES string of the molecule is COCCNC(=O)c1n[nH]c2c1CNCC2.Cl. The Bertz CT molecular complexity index is 380. The van der Waals surface area contributed by atoms with Gasteiger partial charge in [-0.2, -0.15) is 5.10 Å². The molecule has 0 unspecified atom stereocenters. The first-order valence-corrected chi connectivity index (χ1v) is 5.37. The molecule has 0 atom stereocenters. The van der Waals surface area contributed by atoms with E-state index in [0.717, 1.165) is 24.2 Å². The molecule has 0 radical (unpaired) electrons. The lowest BCUT2D eigenvalue weighted by Crippen LogP contribution is -2.30. The number of hydrogen-bond acceptors (Lipinski definition) is 4. The van der Waals surface area contributed by atoms with Gasteiger partial charge in [0.15, 0.2) is 5.69 Å². The van der Waals surface area contributed by atoms with Crippen LogP contribution in [0.15, 0.2) is 0 Å². The van der Waals surface area contributed by atoms with Crippen molar-refractivity contribution in [2.75, 3.05) is 26.8 Å². The van der Waals surface area contributed by atoms with E-state index >= 15 is 0 Å². The van der Waals surface area contributed by atoms with Crippen LogP contribution in [0.5, 0.6) is 0 Å². The summed E-state index contributed by atoms with van der Waals surface area (Å²) >= 11 is 0. The van der Waals surface area contributed by atoms with Crippen LogP contribution in [-0.2, 0) is 17.7 Å². The molecule has 0 aromatic carbocycles. The zero-order valence-electron chi connectivity index (χ0n) is 9.71. The molecule has 1 amide bonds. The van der Waals surface area contributed by atoms with E-state index in [2.05, 4.69) is 20.8 Å². The molecule has 2 rings (SSSR count). The van der Waals surface area contributed by atoms with Crippen molar-refractivity contribution in [2.45, 2.75) is 13.0 Å². The Balaban J connectivity index is 0.00000144. The number of fused-ring (bicyclic) bond motifs is 1. The average Bonchev–Trinajstić information content (AvgIpc) is 2.73. The number of H-pyrrole nitrogens is 1. The topological polar surface area (TPSA) is 79.0 Å². The van der Waals surface area contributed by atoms with E-state index in [0.29, 0.717) is 25.4 Å². The van der Waals surface area contributed by atoms with E-state index in [4.69, 9.17) is 4.74 Å². The maximum Gasteiger partial charge on any atom is 0.272 e. The minimum Gasteiger partial charge on any atom is -0.383 e. The smallest absolute Gasteiger partial charge is 0.272 e. The third kappa shape index (κ3) is 3.18. The van der Waals surface area contributed by atoms with Crippen molar-refractivity contribution < 1.29 is 9.53 Å². The molecule has 0 saturated heterocycles. The first-order valence-electron chi connectivity index (χ1n) is 5.37. The van der Waals surface area contributed by atoms with E-state index < -0.39 is 0 Å². The van der Waals surface area contributed by atoms with Crippen LogP contribution in [0.1, 0.15) is 21.7 Å². The molecule has 1 aromatic heterocycles. The van der Waals surface area contributed by atoms with Gasteiger partial charge in [-0.15, -0.1) is 12.4 Å². The number of ether oxygens (including phenoxy) is 1. The number of methoxy groups -OCH3 is 1. The van der Waals surface area contributed by atoms with Crippen molar-refractivity contribution >= 4 is 18.3 Å². The number of halogens is 1. The van der Waals surface area contributed by atoms with Crippen molar-refractivity contribution in [2.24, 2.45) is 0 Å². The molecular formula is C10H17ClN4O2. The molecule has 1 aliphatic rings. The lowest BCUT2D eigenvalue weighted by atomic mass is 10.1. The number of carbonyl (C=O) groups is 1. The van der Waals surface area contributed by atoms with Gasteiger partial charge in [0.1, 0.15) is 0 Å². The van der Waals surface area contributed by atoms with Crippen LogP contribution in [0.2, 0.25) is 0 Å².